The Morgan fingerprint density at radius 3 is 2.33 bits per heavy atom. The van der Waals surface area contributed by atoms with Gasteiger partial charge in [0.1, 0.15) is 23.0 Å². The Morgan fingerprint density at radius 1 is 1.33 bits per heavy atom. The fourth-order valence-electron chi connectivity index (χ4n) is 1.21. The predicted octanol–water partition coefficient (Wildman–Crippen LogP) is 2.64. The van der Waals surface area contributed by atoms with Gasteiger partial charge in [-0.15, -0.1) is 0 Å². The SMILES string of the molecule is CC(C)(C)OC(=O)C(C#N)=Cc1ccc(O)cc1. The zero-order valence-corrected chi connectivity index (χ0v) is 10.6. The number of esters is 1. The number of phenols is 1. The van der Waals surface area contributed by atoms with Gasteiger partial charge in [-0.3, -0.25) is 0 Å². The van der Waals surface area contributed by atoms with Crippen LogP contribution in [0.1, 0.15) is 26.3 Å². The molecule has 4 heteroatoms. The van der Waals surface area contributed by atoms with E-state index in [2.05, 4.69) is 0 Å². The second kappa shape index (κ2) is 5.37. The van der Waals surface area contributed by atoms with Crippen LogP contribution in [0.15, 0.2) is 29.8 Å². The number of aromatic hydroxyl groups is 1. The van der Waals surface area contributed by atoms with Crippen molar-refractivity contribution in [3.05, 3.63) is 35.4 Å². The minimum Gasteiger partial charge on any atom is -0.508 e. The third-order valence-electron chi connectivity index (χ3n) is 1.94. The molecule has 0 aromatic heterocycles. The number of nitriles is 1. The van der Waals surface area contributed by atoms with Gasteiger partial charge in [-0.2, -0.15) is 5.26 Å². The monoisotopic (exact) mass is 245 g/mol. The first-order valence-corrected chi connectivity index (χ1v) is 5.46. The molecule has 0 radical (unpaired) electrons. The van der Waals surface area contributed by atoms with Crippen LogP contribution in [-0.4, -0.2) is 16.7 Å². The van der Waals surface area contributed by atoms with Crippen molar-refractivity contribution in [1.29, 1.82) is 5.26 Å². The molecule has 0 aliphatic rings. The number of carbonyl (C=O) groups is 1. The van der Waals surface area contributed by atoms with Crippen LogP contribution in [0.25, 0.3) is 6.08 Å². The number of ether oxygens (including phenoxy) is 1. The summed E-state index contributed by atoms with van der Waals surface area (Å²) in [4.78, 5) is 11.7. The van der Waals surface area contributed by atoms with Gasteiger partial charge < -0.3 is 9.84 Å². The standard InChI is InChI=1S/C14H15NO3/c1-14(2,3)18-13(17)11(9-15)8-10-4-6-12(16)7-5-10/h4-8,16H,1-3H3. The molecular formula is C14H15NO3. The number of hydrogen-bond acceptors (Lipinski definition) is 4. The molecule has 1 aromatic carbocycles. The number of nitrogens with zero attached hydrogens (tertiary/aromatic N) is 1. The quantitative estimate of drug-likeness (QED) is 0.494. The zero-order valence-electron chi connectivity index (χ0n) is 10.6. The van der Waals surface area contributed by atoms with Crippen LogP contribution in [0.2, 0.25) is 0 Å². The summed E-state index contributed by atoms with van der Waals surface area (Å²) in [7, 11) is 0. The summed E-state index contributed by atoms with van der Waals surface area (Å²) in [6.07, 6.45) is 1.42. The summed E-state index contributed by atoms with van der Waals surface area (Å²) in [5.74, 6) is -0.527. The molecule has 1 rings (SSSR count). The number of phenolic OH excluding ortho intramolecular Hbond substituents is 1. The second-order valence-electron chi connectivity index (χ2n) is 4.76. The van der Waals surface area contributed by atoms with E-state index in [0.717, 1.165) is 0 Å². The summed E-state index contributed by atoms with van der Waals surface area (Å²) in [5, 5.41) is 18.1. The summed E-state index contributed by atoms with van der Waals surface area (Å²) in [6.45, 7) is 5.21. The molecule has 0 spiro atoms. The van der Waals surface area contributed by atoms with E-state index in [9.17, 15) is 4.79 Å². The molecular weight excluding hydrogens is 230 g/mol. The Labute approximate surface area is 106 Å². The Hall–Kier alpha value is -2.28. The van der Waals surface area contributed by atoms with Crippen molar-refractivity contribution in [3.63, 3.8) is 0 Å². The lowest BCUT2D eigenvalue weighted by atomic mass is 10.1. The van der Waals surface area contributed by atoms with Gasteiger partial charge in [-0.25, -0.2) is 4.79 Å². The van der Waals surface area contributed by atoms with Gasteiger partial charge in [0.25, 0.3) is 0 Å². The van der Waals surface area contributed by atoms with E-state index in [0.29, 0.717) is 5.56 Å². The molecule has 4 nitrogen and oxygen atoms in total. The molecule has 18 heavy (non-hydrogen) atoms. The van der Waals surface area contributed by atoms with Crippen LogP contribution >= 0.6 is 0 Å². The van der Waals surface area contributed by atoms with Crippen molar-refractivity contribution in [2.45, 2.75) is 26.4 Å². The lowest BCUT2D eigenvalue weighted by Crippen LogP contribution is -2.24. The molecule has 94 valence electrons. The lowest BCUT2D eigenvalue weighted by molar-refractivity contribution is -0.149. The average molecular weight is 245 g/mol. The van der Waals surface area contributed by atoms with Crippen LogP contribution in [0, 0.1) is 11.3 Å². The molecule has 1 aromatic rings. The highest BCUT2D eigenvalue weighted by Gasteiger charge is 2.19. The Bertz CT molecular complexity index is 501. The van der Waals surface area contributed by atoms with Crippen molar-refractivity contribution in [2.75, 3.05) is 0 Å². The summed E-state index contributed by atoms with van der Waals surface area (Å²) in [6, 6.07) is 7.99. The first kappa shape index (κ1) is 13.8. The maximum absolute atomic E-state index is 11.7. The van der Waals surface area contributed by atoms with Crippen LogP contribution < -0.4 is 0 Å². The van der Waals surface area contributed by atoms with Crippen LogP contribution in [-0.2, 0) is 9.53 Å². The maximum Gasteiger partial charge on any atom is 0.349 e. The van der Waals surface area contributed by atoms with Crippen molar-refractivity contribution in [3.8, 4) is 11.8 Å². The maximum atomic E-state index is 11.7. The highest BCUT2D eigenvalue weighted by Crippen LogP contribution is 2.15. The smallest absolute Gasteiger partial charge is 0.349 e. The van der Waals surface area contributed by atoms with E-state index >= 15 is 0 Å². The lowest BCUT2D eigenvalue weighted by Gasteiger charge is -2.18. The van der Waals surface area contributed by atoms with E-state index < -0.39 is 11.6 Å². The number of carbonyl (C=O) groups excluding carboxylic acids is 1. The van der Waals surface area contributed by atoms with Gasteiger partial charge in [-0.1, -0.05) is 12.1 Å². The van der Waals surface area contributed by atoms with E-state index in [1.54, 1.807) is 32.9 Å². The molecule has 0 amide bonds. The van der Waals surface area contributed by atoms with Gasteiger partial charge in [0.05, 0.1) is 0 Å². The Balaban J connectivity index is 2.94. The van der Waals surface area contributed by atoms with E-state index in [1.165, 1.54) is 18.2 Å². The van der Waals surface area contributed by atoms with Crippen molar-refractivity contribution in [1.82, 2.24) is 0 Å². The number of rotatable bonds is 2. The fourth-order valence-corrected chi connectivity index (χ4v) is 1.21. The van der Waals surface area contributed by atoms with Gasteiger partial charge in [-0.05, 0) is 44.5 Å². The molecule has 0 atom stereocenters. The first-order valence-electron chi connectivity index (χ1n) is 5.46. The molecule has 0 aliphatic carbocycles. The molecule has 0 bridgehead atoms. The van der Waals surface area contributed by atoms with Gasteiger partial charge in [0.2, 0.25) is 0 Å². The Kier molecular flexibility index (Phi) is 4.11. The highest BCUT2D eigenvalue weighted by molar-refractivity contribution is 5.98. The van der Waals surface area contributed by atoms with Crippen LogP contribution in [0.4, 0.5) is 0 Å². The van der Waals surface area contributed by atoms with Gasteiger partial charge >= 0.3 is 5.97 Å². The van der Waals surface area contributed by atoms with Crippen LogP contribution in [0.3, 0.4) is 0 Å². The molecule has 0 saturated heterocycles. The summed E-state index contributed by atoms with van der Waals surface area (Å²) in [5.41, 5.74) is -0.0621. The molecule has 0 heterocycles. The third-order valence-corrected chi connectivity index (χ3v) is 1.94. The third kappa shape index (κ3) is 4.30. The summed E-state index contributed by atoms with van der Waals surface area (Å²) < 4.78 is 5.11. The minimum atomic E-state index is -0.655. The molecule has 0 aliphatic heterocycles. The first-order chi connectivity index (χ1) is 8.31. The summed E-state index contributed by atoms with van der Waals surface area (Å²) >= 11 is 0. The number of benzene rings is 1. The molecule has 1 N–H and O–H groups in total. The zero-order chi connectivity index (χ0) is 13.8. The number of hydrogen-bond donors (Lipinski definition) is 1. The molecule has 0 fully saturated rings. The molecule has 0 unspecified atom stereocenters. The largest absolute Gasteiger partial charge is 0.508 e. The normalized spacial score (nSPS) is 11.8. The van der Waals surface area contributed by atoms with E-state index in [-0.39, 0.29) is 11.3 Å². The predicted molar refractivity (Wildman–Crippen MR) is 67.5 cm³/mol. The second-order valence-corrected chi connectivity index (χ2v) is 4.76. The fraction of sp³-hybridized carbons (Fsp3) is 0.286. The van der Waals surface area contributed by atoms with Gasteiger partial charge in [0, 0.05) is 0 Å². The highest BCUT2D eigenvalue weighted by atomic mass is 16.6. The molecule has 0 saturated carbocycles. The van der Waals surface area contributed by atoms with Crippen LogP contribution in [0.5, 0.6) is 5.75 Å². The van der Waals surface area contributed by atoms with Gasteiger partial charge in [0.15, 0.2) is 0 Å². The van der Waals surface area contributed by atoms with E-state index in [1.807, 2.05) is 6.07 Å². The Morgan fingerprint density at radius 2 is 1.89 bits per heavy atom. The average Bonchev–Trinajstić information content (AvgIpc) is 2.25. The van der Waals surface area contributed by atoms with Crippen molar-refractivity contribution < 1.29 is 14.6 Å². The topological polar surface area (TPSA) is 70.3 Å². The van der Waals surface area contributed by atoms with Crippen molar-refractivity contribution >= 4 is 12.0 Å². The van der Waals surface area contributed by atoms with E-state index in [4.69, 9.17) is 15.1 Å². The minimum absolute atomic E-state index is 0.0735. The van der Waals surface area contributed by atoms with Crippen molar-refractivity contribution in [2.24, 2.45) is 0 Å².